The molecule has 2 aromatic rings. The SMILES string of the molecule is CCN1CCN(C(=O)/C=C/c2ccc(Sc3cccc(N4CCC(C(=O)O)CC4)c3)c(Cl)c2Cl)CC1. The minimum absolute atomic E-state index is 0.0133. The summed E-state index contributed by atoms with van der Waals surface area (Å²) >= 11 is 14.7. The summed E-state index contributed by atoms with van der Waals surface area (Å²) in [6.45, 7) is 7.86. The van der Waals surface area contributed by atoms with Crippen molar-refractivity contribution in [2.75, 3.05) is 50.7 Å². The number of hydrogen-bond acceptors (Lipinski definition) is 5. The molecule has 36 heavy (non-hydrogen) atoms. The number of aliphatic carboxylic acids is 1. The third-order valence-corrected chi connectivity index (χ3v) is 8.93. The minimum atomic E-state index is -0.706. The van der Waals surface area contributed by atoms with Gasteiger partial charge in [0.15, 0.2) is 0 Å². The fraction of sp³-hybridized carbons (Fsp3) is 0.407. The van der Waals surface area contributed by atoms with E-state index < -0.39 is 5.97 Å². The summed E-state index contributed by atoms with van der Waals surface area (Å²) in [6, 6.07) is 12.0. The standard InChI is InChI=1S/C27H31Cl2N3O3S/c1-2-30-14-16-32(17-15-30)24(33)9-7-19-6-8-23(26(29)25(19)28)36-22-5-3-4-21(18-22)31-12-10-20(11-13-31)27(34)35/h3-9,18,20H,2,10-17H2,1H3,(H,34,35)/b9-7+. The van der Waals surface area contributed by atoms with Crippen LogP contribution in [0.25, 0.3) is 6.08 Å². The molecule has 6 nitrogen and oxygen atoms in total. The zero-order valence-electron chi connectivity index (χ0n) is 20.3. The average Bonchev–Trinajstić information content (AvgIpc) is 2.91. The molecule has 2 aliphatic rings. The molecule has 4 rings (SSSR count). The summed E-state index contributed by atoms with van der Waals surface area (Å²) in [6.07, 6.45) is 4.61. The number of carbonyl (C=O) groups excluding carboxylic acids is 1. The maximum atomic E-state index is 12.6. The van der Waals surface area contributed by atoms with E-state index in [-0.39, 0.29) is 11.8 Å². The Bertz CT molecular complexity index is 1130. The molecule has 2 aromatic carbocycles. The van der Waals surface area contributed by atoms with Gasteiger partial charge in [-0.3, -0.25) is 9.59 Å². The molecule has 0 aromatic heterocycles. The van der Waals surface area contributed by atoms with Crippen LogP contribution in [0.5, 0.6) is 0 Å². The highest BCUT2D eigenvalue weighted by molar-refractivity contribution is 7.99. The van der Waals surface area contributed by atoms with Crippen LogP contribution in [0.1, 0.15) is 25.3 Å². The number of anilines is 1. The quantitative estimate of drug-likeness (QED) is 0.453. The van der Waals surface area contributed by atoms with Crippen molar-refractivity contribution in [1.29, 1.82) is 0 Å². The number of halogens is 2. The number of benzene rings is 2. The first kappa shape index (κ1) is 26.9. The zero-order valence-corrected chi connectivity index (χ0v) is 22.7. The number of carboxylic acids is 1. The lowest BCUT2D eigenvalue weighted by molar-refractivity contribution is -0.142. The number of amides is 1. The van der Waals surface area contributed by atoms with Crippen molar-refractivity contribution < 1.29 is 14.7 Å². The molecule has 2 saturated heterocycles. The number of carbonyl (C=O) groups is 2. The summed E-state index contributed by atoms with van der Waals surface area (Å²) in [7, 11) is 0. The summed E-state index contributed by atoms with van der Waals surface area (Å²) in [5.41, 5.74) is 1.78. The molecule has 2 fully saturated rings. The molecule has 9 heteroatoms. The Kier molecular flexibility index (Phi) is 9.23. The van der Waals surface area contributed by atoms with Crippen LogP contribution < -0.4 is 4.90 Å². The predicted molar refractivity (Wildman–Crippen MR) is 147 cm³/mol. The van der Waals surface area contributed by atoms with Gasteiger partial charge in [0.1, 0.15) is 0 Å². The first-order chi connectivity index (χ1) is 17.4. The Hall–Kier alpha value is -2.19. The van der Waals surface area contributed by atoms with Gasteiger partial charge in [-0.25, -0.2) is 0 Å². The molecule has 192 valence electrons. The van der Waals surface area contributed by atoms with Crippen molar-refractivity contribution >= 4 is 58.6 Å². The molecular formula is C27H31Cl2N3O3S. The van der Waals surface area contributed by atoms with Crippen LogP contribution >= 0.6 is 35.0 Å². The lowest BCUT2D eigenvalue weighted by Gasteiger charge is -2.33. The van der Waals surface area contributed by atoms with Gasteiger partial charge < -0.3 is 19.8 Å². The highest BCUT2D eigenvalue weighted by Gasteiger charge is 2.25. The summed E-state index contributed by atoms with van der Waals surface area (Å²) < 4.78 is 0. The molecule has 1 N–H and O–H groups in total. The summed E-state index contributed by atoms with van der Waals surface area (Å²) in [4.78, 5) is 32.1. The predicted octanol–water partition coefficient (Wildman–Crippen LogP) is 5.62. The third kappa shape index (κ3) is 6.57. The first-order valence-corrected chi connectivity index (χ1v) is 13.9. The highest BCUT2D eigenvalue weighted by atomic mass is 35.5. The molecule has 0 saturated carbocycles. The fourth-order valence-corrected chi connectivity index (χ4v) is 6.04. The van der Waals surface area contributed by atoms with E-state index in [1.807, 2.05) is 35.2 Å². The number of carboxylic acid groups (broad SMARTS) is 1. The third-order valence-electron chi connectivity index (χ3n) is 6.87. The topological polar surface area (TPSA) is 64.1 Å². The summed E-state index contributed by atoms with van der Waals surface area (Å²) in [5.74, 6) is -0.975. The molecule has 0 unspecified atom stereocenters. The number of likely N-dealkylation sites (N-methyl/N-ethyl adjacent to an activating group) is 1. The lowest BCUT2D eigenvalue weighted by atomic mass is 9.97. The molecule has 0 bridgehead atoms. The Morgan fingerprint density at radius 1 is 1.03 bits per heavy atom. The van der Waals surface area contributed by atoms with Gasteiger partial charge in [0.05, 0.1) is 16.0 Å². The van der Waals surface area contributed by atoms with E-state index in [9.17, 15) is 14.7 Å². The van der Waals surface area contributed by atoms with E-state index in [1.54, 1.807) is 12.2 Å². The van der Waals surface area contributed by atoms with Gasteiger partial charge in [-0.2, -0.15) is 0 Å². The number of piperazine rings is 1. The highest BCUT2D eigenvalue weighted by Crippen LogP contribution is 2.40. The Morgan fingerprint density at radius 2 is 1.75 bits per heavy atom. The van der Waals surface area contributed by atoms with Gasteiger partial charge in [0.2, 0.25) is 5.91 Å². The number of piperidine rings is 1. The zero-order chi connectivity index (χ0) is 25.7. The van der Waals surface area contributed by atoms with Crippen LogP contribution in [0.15, 0.2) is 52.3 Å². The van der Waals surface area contributed by atoms with Crippen molar-refractivity contribution in [2.24, 2.45) is 5.92 Å². The van der Waals surface area contributed by atoms with Gasteiger partial charge in [0, 0.05) is 60.8 Å². The minimum Gasteiger partial charge on any atom is -0.481 e. The average molecular weight is 549 g/mol. The normalized spacial score (nSPS) is 17.6. The molecule has 0 spiro atoms. The van der Waals surface area contributed by atoms with Crippen molar-refractivity contribution in [3.8, 4) is 0 Å². The van der Waals surface area contributed by atoms with Crippen molar-refractivity contribution in [3.05, 3.63) is 58.1 Å². The Morgan fingerprint density at radius 3 is 2.42 bits per heavy atom. The van der Waals surface area contributed by atoms with Crippen molar-refractivity contribution in [3.63, 3.8) is 0 Å². The van der Waals surface area contributed by atoms with E-state index in [4.69, 9.17) is 23.2 Å². The van der Waals surface area contributed by atoms with Gasteiger partial charge in [-0.15, -0.1) is 0 Å². The van der Waals surface area contributed by atoms with Gasteiger partial charge >= 0.3 is 5.97 Å². The summed E-state index contributed by atoms with van der Waals surface area (Å²) in [5, 5.41) is 10.1. The van der Waals surface area contributed by atoms with E-state index in [0.29, 0.717) is 28.5 Å². The largest absolute Gasteiger partial charge is 0.481 e. The van der Waals surface area contributed by atoms with E-state index in [2.05, 4.69) is 22.8 Å². The van der Waals surface area contributed by atoms with Gasteiger partial charge in [0.25, 0.3) is 0 Å². The molecule has 2 heterocycles. The number of rotatable bonds is 7. The second-order valence-corrected chi connectivity index (χ2v) is 10.9. The Labute approximate surface area is 226 Å². The van der Waals surface area contributed by atoms with Crippen molar-refractivity contribution in [2.45, 2.75) is 29.6 Å². The van der Waals surface area contributed by atoms with Crippen LogP contribution in [-0.2, 0) is 9.59 Å². The monoisotopic (exact) mass is 547 g/mol. The van der Waals surface area contributed by atoms with Gasteiger partial charge in [-0.05, 0) is 55.3 Å². The molecule has 0 aliphatic carbocycles. The number of hydrogen-bond donors (Lipinski definition) is 1. The number of nitrogens with zero attached hydrogens (tertiary/aromatic N) is 3. The first-order valence-electron chi connectivity index (χ1n) is 12.3. The second kappa shape index (κ2) is 12.4. The molecule has 0 atom stereocenters. The van der Waals surface area contributed by atoms with E-state index in [0.717, 1.165) is 61.3 Å². The lowest BCUT2D eigenvalue weighted by Crippen LogP contribution is -2.48. The van der Waals surface area contributed by atoms with E-state index in [1.165, 1.54) is 11.8 Å². The van der Waals surface area contributed by atoms with Gasteiger partial charge in [-0.1, -0.05) is 54.0 Å². The van der Waals surface area contributed by atoms with E-state index >= 15 is 0 Å². The van der Waals surface area contributed by atoms with Crippen LogP contribution in [0.3, 0.4) is 0 Å². The van der Waals surface area contributed by atoms with Crippen LogP contribution in [0, 0.1) is 5.92 Å². The Balaban J connectivity index is 1.40. The maximum Gasteiger partial charge on any atom is 0.306 e. The van der Waals surface area contributed by atoms with Crippen LogP contribution in [-0.4, -0.2) is 72.6 Å². The molecule has 1 amide bonds. The fourth-order valence-electron chi connectivity index (χ4n) is 4.56. The second-order valence-electron chi connectivity index (χ2n) is 9.07. The van der Waals surface area contributed by atoms with Crippen LogP contribution in [0.4, 0.5) is 5.69 Å². The smallest absolute Gasteiger partial charge is 0.306 e. The molecule has 2 aliphatic heterocycles. The van der Waals surface area contributed by atoms with Crippen LogP contribution in [0.2, 0.25) is 10.0 Å². The maximum absolute atomic E-state index is 12.6. The molecule has 0 radical (unpaired) electrons. The molecular weight excluding hydrogens is 517 g/mol. The van der Waals surface area contributed by atoms with Crippen molar-refractivity contribution in [1.82, 2.24) is 9.80 Å².